The lowest BCUT2D eigenvalue weighted by Crippen LogP contribution is -2.13. The Morgan fingerprint density at radius 2 is 1.79 bits per heavy atom. The van der Waals surface area contributed by atoms with Gasteiger partial charge in [-0.2, -0.15) is 0 Å². The number of nitrogens with zero attached hydrogens (tertiary/aromatic N) is 2. The summed E-state index contributed by atoms with van der Waals surface area (Å²) in [4.78, 5) is 12.5. The van der Waals surface area contributed by atoms with E-state index in [1.807, 2.05) is 68.4 Å². The molecule has 0 bridgehead atoms. The number of carbonyl (C=O) groups is 1. The van der Waals surface area contributed by atoms with Crippen LogP contribution in [-0.4, -0.2) is 21.2 Å². The van der Waals surface area contributed by atoms with E-state index in [1.165, 1.54) is 23.1 Å². The van der Waals surface area contributed by atoms with Crippen LogP contribution in [0.1, 0.15) is 22.8 Å². The molecule has 1 atom stereocenters. The molecule has 0 amide bonds. The average Bonchev–Trinajstić information content (AvgIpc) is 3.02. The highest BCUT2D eigenvalue weighted by atomic mass is 32.2. The predicted molar refractivity (Wildman–Crippen MR) is 100 cm³/mol. The van der Waals surface area contributed by atoms with Crippen LogP contribution in [0.25, 0.3) is 0 Å². The zero-order valence-corrected chi connectivity index (χ0v) is 15.0. The predicted octanol–water partition coefficient (Wildman–Crippen LogP) is 4.95. The summed E-state index contributed by atoms with van der Waals surface area (Å²) in [6.45, 7) is 3.91. The van der Waals surface area contributed by atoms with Gasteiger partial charge in [0.2, 0.25) is 5.13 Å². The van der Waals surface area contributed by atoms with Crippen molar-refractivity contribution in [3.05, 3.63) is 65.7 Å². The number of benzene rings is 2. The van der Waals surface area contributed by atoms with Gasteiger partial charge in [-0.1, -0.05) is 71.1 Å². The molecule has 1 heterocycles. The summed E-state index contributed by atoms with van der Waals surface area (Å²) in [7, 11) is 0. The van der Waals surface area contributed by atoms with Gasteiger partial charge in [0.15, 0.2) is 10.1 Å². The van der Waals surface area contributed by atoms with Crippen LogP contribution in [-0.2, 0) is 0 Å². The fourth-order valence-corrected chi connectivity index (χ4v) is 4.10. The van der Waals surface area contributed by atoms with Crippen molar-refractivity contribution in [2.24, 2.45) is 0 Å². The van der Waals surface area contributed by atoms with Crippen molar-refractivity contribution in [3.8, 4) is 0 Å². The van der Waals surface area contributed by atoms with Gasteiger partial charge < -0.3 is 5.32 Å². The van der Waals surface area contributed by atoms with Crippen molar-refractivity contribution < 1.29 is 4.79 Å². The molecule has 24 heavy (non-hydrogen) atoms. The van der Waals surface area contributed by atoms with Crippen LogP contribution in [0.15, 0.2) is 58.9 Å². The molecular weight excluding hydrogens is 338 g/mol. The van der Waals surface area contributed by atoms with Crippen molar-refractivity contribution in [3.63, 3.8) is 0 Å². The number of carbonyl (C=O) groups excluding carboxylic acids is 1. The highest BCUT2D eigenvalue weighted by molar-refractivity contribution is 8.02. The number of thioether (sulfide) groups is 1. The van der Waals surface area contributed by atoms with Gasteiger partial charge in [-0.15, -0.1) is 10.2 Å². The van der Waals surface area contributed by atoms with Crippen molar-refractivity contribution >= 4 is 39.7 Å². The van der Waals surface area contributed by atoms with E-state index in [2.05, 4.69) is 15.5 Å². The number of Topliss-reactive ketones (excluding diaryl/α,β-unsaturated/α-hetero) is 1. The SMILES string of the molecule is Cc1ccc(C(=O)[C@H](C)Sc2nnc(Nc3ccccc3)s2)cc1. The first-order valence-electron chi connectivity index (χ1n) is 7.55. The lowest BCUT2D eigenvalue weighted by Gasteiger charge is -2.08. The van der Waals surface area contributed by atoms with Crippen LogP contribution in [0, 0.1) is 6.92 Å². The number of ketones is 1. The fourth-order valence-electron chi connectivity index (χ4n) is 2.11. The van der Waals surface area contributed by atoms with Crippen molar-refractivity contribution in [1.29, 1.82) is 0 Å². The fraction of sp³-hybridized carbons (Fsp3) is 0.167. The number of para-hydroxylation sites is 1. The van der Waals surface area contributed by atoms with Gasteiger partial charge >= 0.3 is 0 Å². The maximum absolute atomic E-state index is 12.5. The third kappa shape index (κ3) is 4.21. The van der Waals surface area contributed by atoms with Crippen LogP contribution >= 0.6 is 23.1 Å². The Balaban J connectivity index is 1.63. The van der Waals surface area contributed by atoms with Crippen molar-refractivity contribution in [2.75, 3.05) is 5.32 Å². The Labute approximate surface area is 149 Å². The van der Waals surface area contributed by atoms with E-state index < -0.39 is 0 Å². The van der Waals surface area contributed by atoms with Crippen LogP contribution < -0.4 is 5.32 Å². The average molecular weight is 355 g/mol. The lowest BCUT2D eigenvalue weighted by molar-refractivity contribution is 0.0994. The Morgan fingerprint density at radius 3 is 2.50 bits per heavy atom. The molecular formula is C18H17N3OS2. The van der Waals surface area contributed by atoms with E-state index in [1.54, 1.807) is 0 Å². The Kier molecular flexibility index (Phi) is 5.27. The first-order chi connectivity index (χ1) is 11.6. The minimum atomic E-state index is -0.203. The van der Waals surface area contributed by atoms with Gasteiger partial charge in [-0.3, -0.25) is 4.79 Å². The Morgan fingerprint density at radius 1 is 1.08 bits per heavy atom. The van der Waals surface area contributed by atoms with E-state index in [4.69, 9.17) is 0 Å². The summed E-state index contributed by atoms with van der Waals surface area (Å²) in [6.07, 6.45) is 0. The van der Waals surface area contributed by atoms with E-state index in [-0.39, 0.29) is 11.0 Å². The maximum atomic E-state index is 12.5. The molecule has 0 aliphatic rings. The van der Waals surface area contributed by atoms with E-state index in [0.29, 0.717) is 0 Å². The molecule has 1 N–H and O–H groups in total. The topological polar surface area (TPSA) is 54.9 Å². The molecule has 0 spiro atoms. The smallest absolute Gasteiger partial charge is 0.210 e. The normalized spacial score (nSPS) is 11.9. The first kappa shape index (κ1) is 16.7. The molecule has 0 radical (unpaired) electrons. The molecule has 6 heteroatoms. The minimum Gasteiger partial charge on any atom is -0.330 e. The quantitative estimate of drug-likeness (QED) is 0.500. The van der Waals surface area contributed by atoms with Crippen molar-refractivity contribution in [1.82, 2.24) is 10.2 Å². The number of rotatable bonds is 6. The van der Waals surface area contributed by atoms with Gasteiger partial charge in [0.25, 0.3) is 0 Å². The van der Waals surface area contributed by atoms with Crippen LogP contribution in [0.5, 0.6) is 0 Å². The molecule has 3 rings (SSSR count). The van der Waals surface area contributed by atoms with Gasteiger partial charge in [-0.25, -0.2) is 0 Å². The number of aromatic nitrogens is 2. The lowest BCUT2D eigenvalue weighted by atomic mass is 10.1. The molecule has 4 nitrogen and oxygen atoms in total. The summed E-state index contributed by atoms with van der Waals surface area (Å²) >= 11 is 2.89. The standard InChI is InChI=1S/C18H17N3OS2/c1-12-8-10-14(11-9-12)16(22)13(2)23-18-21-20-17(24-18)19-15-6-4-3-5-7-15/h3-11,13H,1-2H3,(H,19,20)/t13-/m0/s1. The molecule has 122 valence electrons. The number of nitrogens with one attached hydrogen (secondary N) is 1. The van der Waals surface area contributed by atoms with E-state index in [0.717, 1.165) is 26.3 Å². The van der Waals surface area contributed by atoms with Crippen LogP contribution in [0.2, 0.25) is 0 Å². The Hall–Kier alpha value is -2.18. The second-order valence-electron chi connectivity index (χ2n) is 5.35. The zero-order valence-electron chi connectivity index (χ0n) is 13.4. The highest BCUT2D eigenvalue weighted by Crippen LogP contribution is 2.31. The first-order valence-corrected chi connectivity index (χ1v) is 9.24. The molecule has 0 fully saturated rings. The zero-order chi connectivity index (χ0) is 16.9. The van der Waals surface area contributed by atoms with Crippen LogP contribution in [0.4, 0.5) is 10.8 Å². The summed E-state index contributed by atoms with van der Waals surface area (Å²) in [6, 6.07) is 17.5. The monoisotopic (exact) mass is 355 g/mol. The van der Waals surface area contributed by atoms with Gasteiger partial charge in [0, 0.05) is 11.3 Å². The molecule has 0 aliphatic heterocycles. The molecule has 0 saturated heterocycles. The van der Waals surface area contributed by atoms with Gasteiger partial charge in [-0.05, 0) is 26.0 Å². The third-order valence-electron chi connectivity index (χ3n) is 3.41. The summed E-state index contributed by atoms with van der Waals surface area (Å²) in [5.74, 6) is 0.104. The number of anilines is 2. The third-order valence-corrected chi connectivity index (χ3v) is 5.44. The maximum Gasteiger partial charge on any atom is 0.210 e. The second kappa shape index (κ2) is 7.59. The molecule has 0 saturated carbocycles. The molecule has 0 unspecified atom stereocenters. The number of hydrogen-bond donors (Lipinski definition) is 1. The van der Waals surface area contributed by atoms with Gasteiger partial charge in [0.05, 0.1) is 5.25 Å². The molecule has 3 aromatic rings. The van der Waals surface area contributed by atoms with Crippen LogP contribution in [0.3, 0.4) is 0 Å². The molecule has 2 aromatic carbocycles. The summed E-state index contributed by atoms with van der Waals surface area (Å²) < 4.78 is 0.779. The largest absolute Gasteiger partial charge is 0.330 e. The molecule has 1 aromatic heterocycles. The minimum absolute atomic E-state index is 0.104. The summed E-state index contributed by atoms with van der Waals surface area (Å²) in [5.41, 5.74) is 2.84. The van der Waals surface area contributed by atoms with Gasteiger partial charge in [0.1, 0.15) is 0 Å². The second-order valence-corrected chi connectivity index (χ2v) is 7.92. The number of aryl methyl sites for hydroxylation is 1. The number of hydrogen-bond acceptors (Lipinski definition) is 6. The van der Waals surface area contributed by atoms with E-state index >= 15 is 0 Å². The highest BCUT2D eigenvalue weighted by Gasteiger charge is 2.18. The molecule has 0 aliphatic carbocycles. The Bertz CT molecular complexity index is 816. The summed E-state index contributed by atoms with van der Waals surface area (Å²) in [5, 5.41) is 12.0. The van der Waals surface area contributed by atoms with Crippen molar-refractivity contribution in [2.45, 2.75) is 23.4 Å². The van der Waals surface area contributed by atoms with E-state index in [9.17, 15) is 4.79 Å².